The first kappa shape index (κ1) is 14.9. The van der Waals surface area contributed by atoms with Crippen molar-refractivity contribution in [3.63, 3.8) is 0 Å². The number of halogens is 1. The van der Waals surface area contributed by atoms with Crippen molar-refractivity contribution in [1.29, 1.82) is 0 Å². The van der Waals surface area contributed by atoms with Crippen molar-refractivity contribution in [3.05, 3.63) is 33.3 Å². The summed E-state index contributed by atoms with van der Waals surface area (Å²) in [6, 6.07) is 3.38. The average molecular weight is 293 g/mol. The molecule has 0 heterocycles. The molecule has 0 aliphatic rings. The van der Waals surface area contributed by atoms with E-state index >= 15 is 0 Å². The Labute approximate surface area is 110 Å². The number of rotatable bonds is 5. The highest BCUT2D eigenvalue weighted by Gasteiger charge is 2.20. The van der Waals surface area contributed by atoms with Crippen molar-refractivity contribution in [3.8, 4) is 0 Å². The molecule has 0 saturated carbocycles. The summed E-state index contributed by atoms with van der Waals surface area (Å²) in [6.45, 7) is 3.97. The second-order valence-electron chi connectivity index (χ2n) is 4.12. The van der Waals surface area contributed by atoms with Crippen LogP contribution in [0.4, 0.5) is 5.69 Å². The van der Waals surface area contributed by atoms with Crippen LogP contribution in [0.1, 0.15) is 13.8 Å². The molecule has 0 unspecified atom stereocenters. The second kappa shape index (κ2) is 5.64. The smallest absolute Gasteiger partial charge is 0.258 e. The molecule has 1 rings (SSSR count). The van der Waals surface area contributed by atoms with Crippen LogP contribution in [0.2, 0.25) is 5.02 Å². The van der Waals surface area contributed by atoms with E-state index in [1.54, 1.807) is 0 Å². The van der Waals surface area contributed by atoms with Gasteiger partial charge in [-0.1, -0.05) is 25.4 Å². The van der Waals surface area contributed by atoms with E-state index in [0.29, 0.717) is 0 Å². The SMILES string of the molecule is CC(C)CNS(=O)(=O)c1ccc(Cl)c([N+](=O)[O-])c1. The number of nitrogens with one attached hydrogen (secondary N) is 1. The Morgan fingerprint density at radius 1 is 1.44 bits per heavy atom. The lowest BCUT2D eigenvalue weighted by Gasteiger charge is -2.08. The van der Waals surface area contributed by atoms with Gasteiger partial charge in [-0.25, -0.2) is 13.1 Å². The third-order valence-corrected chi connectivity index (χ3v) is 3.85. The molecule has 0 aliphatic heterocycles. The zero-order valence-electron chi connectivity index (χ0n) is 9.88. The summed E-state index contributed by atoms with van der Waals surface area (Å²) in [5.74, 6) is 0.141. The molecule has 0 bridgehead atoms. The quantitative estimate of drug-likeness (QED) is 0.665. The molecule has 0 aliphatic carbocycles. The van der Waals surface area contributed by atoms with Crippen molar-refractivity contribution in [2.24, 2.45) is 5.92 Å². The van der Waals surface area contributed by atoms with Crippen molar-refractivity contribution in [1.82, 2.24) is 4.72 Å². The third kappa shape index (κ3) is 3.66. The van der Waals surface area contributed by atoms with E-state index in [1.807, 2.05) is 13.8 Å². The van der Waals surface area contributed by atoms with Gasteiger partial charge in [0.25, 0.3) is 5.69 Å². The van der Waals surface area contributed by atoms with E-state index in [1.165, 1.54) is 12.1 Å². The van der Waals surface area contributed by atoms with Gasteiger partial charge in [0.2, 0.25) is 10.0 Å². The van der Waals surface area contributed by atoms with Gasteiger partial charge in [-0.3, -0.25) is 10.1 Å². The summed E-state index contributed by atoms with van der Waals surface area (Å²) in [5, 5.41) is 10.6. The molecule has 18 heavy (non-hydrogen) atoms. The second-order valence-corrected chi connectivity index (χ2v) is 6.29. The molecule has 8 heteroatoms. The predicted octanol–water partition coefficient (Wildman–Crippen LogP) is 2.18. The first-order chi connectivity index (χ1) is 8.24. The standard InChI is InChI=1S/C10H13ClN2O4S/c1-7(2)6-12-18(16,17)8-3-4-9(11)10(5-8)13(14)15/h3-5,7,12H,6H2,1-2H3. The maximum atomic E-state index is 11.8. The fourth-order valence-electron chi connectivity index (χ4n) is 1.16. The summed E-state index contributed by atoms with van der Waals surface area (Å²) in [6.07, 6.45) is 0. The van der Waals surface area contributed by atoms with Crippen molar-refractivity contribution in [2.75, 3.05) is 6.54 Å². The van der Waals surface area contributed by atoms with E-state index in [0.717, 1.165) is 6.07 Å². The lowest BCUT2D eigenvalue weighted by molar-refractivity contribution is -0.384. The molecule has 0 amide bonds. The molecule has 0 fully saturated rings. The Balaban J connectivity index is 3.10. The number of sulfonamides is 1. The van der Waals surface area contributed by atoms with E-state index < -0.39 is 20.6 Å². The van der Waals surface area contributed by atoms with E-state index in [4.69, 9.17) is 11.6 Å². The molecule has 0 spiro atoms. The third-order valence-electron chi connectivity index (χ3n) is 2.11. The molecular formula is C10H13ClN2O4S. The topological polar surface area (TPSA) is 89.3 Å². The van der Waals surface area contributed by atoms with Gasteiger partial charge in [0, 0.05) is 12.6 Å². The van der Waals surface area contributed by atoms with Crippen molar-refractivity contribution < 1.29 is 13.3 Å². The molecule has 1 N–H and O–H groups in total. The molecular weight excluding hydrogens is 280 g/mol. The van der Waals surface area contributed by atoms with Crippen molar-refractivity contribution in [2.45, 2.75) is 18.7 Å². The predicted molar refractivity (Wildman–Crippen MR) is 68.1 cm³/mol. The first-order valence-electron chi connectivity index (χ1n) is 5.17. The van der Waals surface area contributed by atoms with Gasteiger partial charge >= 0.3 is 0 Å². The normalized spacial score (nSPS) is 11.8. The molecule has 100 valence electrons. The van der Waals surface area contributed by atoms with Crippen LogP contribution in [0.15, 0.2) is 23.1 Å². The maximum Gasteiger partial charge on any atom is 0.289 e. The number of hydrogen-bond donors (Lipinski definition) is 1. The van der Waals surface area contributed by atoms with Gasteiger partial charge in [-0.2, -0.15) is 0 Å². The molecule has 0 aromatic heterocycles. The van der Waals surface area contributed by atoms with Crippen LogP contribution in [0, 0.1) is 16.0 Å². The summed E-state index contributed by atoms with van der Waals surface area (Å²) in [4.78, 5) is 9.79. The Hall–Kier alpha value is -1.18. The lowest BCUT2D eigenvalue weighted by atomic mass is 10.2. The van der Waals surface area contributed by atoms with E-state index in [-0.39, 0.29) is 22.4 Å². The Morgan fingerprint density at radius 2 is 2.06 bits per heavy atom. The molecule has 1 aromatic rings. The highest BCUT2D eigenvalue weighted by atomic mass is 35.5. The molecule has 0 radical (unpaired) electrons. The molecule has 6 nitrogen and oxygen atoms in total. The van der Waals surface area contributed by atoms with Crippen molar-refractivity contribution >= 4 is 27.3 Å². The fraction of sp³-hybridized carbons (Fsp3) is 0.400. The van der Waals surface area contributed by atoms with Gasteiger partial charge in [0.1, 0.15) is 5.02 Å². The first-order valence-corrected chi connectivity index (χ1v) is 7.03. The largest absolute Gasteiger partial charge is 0.289 e. The van der Waals surface area contributed by atoms with Gasteiger partial charge in [0.15, 0.2) is 0 Å². The van der Waals surface area contributed by atoms with Crippen LogP contribution in [0.5, 0.6) is 0 Å². The van der Waals surface area contributed by atoms with Crippen LogP contribution >= 0.6 is 11.6 Å². The zero-order chi connectivity index (χ0) is 13.9. The number of benzene rings is 1. The number of nitro benzene ring substituents is 1. The van der Waals surface area contributed by atoms with Crippen LogP contribution in [-0.4, -0.2) is 19.9 Å². The monoisotopic (exact) mass is 292 g/mol. The highest BCUT2D eigenvalue weighted by Crippen LogP contribution is 2.26. The van der Waals surface area contributed by atoms with Crippen LogP contribution in [-0.2, 0) is 10.0 Å². The highest BCUT2D eigenvalue weighted by molar-refractivity contribution is 7.89. The van der Waals surface area contributed by atoms with Gasteiger partial charge in [-0.15, -0.1) is 0 Å². The minimum absolute atomic E-state index is 0.0946. The number of hydrogen-bond acceptors (Lipinski definition) is 4. The summed E-state index contributed by atoms with van der Waals surface area (Å²) in [7, 11) is -3.74. The molecule has 0 saturated heterocycles. The fourth-order valence-corrected chi connectivity index (χ4v) is 2.58. The van der Waals surface area contributed by atoms with E-state index in [2.05, 4.69) is 4.72 Å². The van der Waals surface area contributed by atoms with Crippen LogP contribution < -0.4 is 4.72 Å². The van der Waals surface area contributed by atoms with E-state index in [9.17, 15) is 18.5 Å². The Morgan fingerprint density at radius 3 is 2.56 bits per heavy atom. The lowest BCUT2D eigenvalue weighted by Crippen LogP contribution is -2.27. The summed E-state index contributed by atoms with van der Waals surface area (Å²) >= 11 is 5.61. The minimum Gasteiger partial charge on any atom is -0.258 e. The van der Waals surface area contributed by atoms with Gasteiger partial charge in [0.05, 0.1) is 9.82 Å². The molecule has 0 atom stereocenters. The van der Waals surface area contributed by atoms with Crippen LogP contribution in [0.3, 0.4) is 0 Å². The molecule has 1 aromatic carbocycles. The average Bonchev–Trinajstić information content (AvgIpc) is 2.26. The maximum absolute atomic E-state index is 11.8. The Kier molecular flexibility index (Phi) is 4.66. The number of nitro groups is 1. The minimum atomic E-state index is -3.74. The summed E-state index contributed by atoms with van der Waals surface area (Å²) in [5.41, 5.74) is -0.427. The van der Waals surface area contributed by atoms with Crippen LogP contribution in [0.25, 0.3) is 0 Å². The Bertz CT molecular complexity index is 557. The van der Waals surface area contributed by atoms with Gasteiger partial charge in [-0.05, 0) is 18.1 Å². The van der Waals surface area contributed by atoms with Gasteiger partial charge < -0.3 is 0 Å². The summed E-state index contributed by atoms with van der Waals surface area (Å²) < 4.78 is 26.1. The zero-order valence-corrected chi connectivity index (χ0v) is 11.5. The number of nitrogens with zero attached hydrogens (tertiary/aromatic N) is 1.